The number of unbranched alkanes of at least 4 members (excludes halogenated alkanes) is 1. The lowest BCUT2D eigenvalue weighted by molar-refractivity contribution is 0.102. The third kappa shape index (κ3) is 4.09. The van der Waals surface area contributed by atoms with Crippen LogP contribution in [0.15, 0.2) is 42.5 Å². The number of carbonyl (C=O) groups excluding carboxylic acids is 1. The Bertz CT molecular complexity index is 618. The summed E-state index contributed by atoms with van der Waals surface area (Å²) in [4.78, 5) is 12.3. The zero-order chi connectivity index (χ0) is 15.2. The van der Waals surface area contributed by atoms with Gasteiger partial charge < -0.3 is 11.1 Å². The number of amides is 1. The van der Waals surface area contributed by atoms with E-state index < -0.39 is 0 Å². The number of nitrogens with one attached hydrogen (secondary N) is 1. The molecule has 0 aliphatic rings. The van der Waals surface area contributed by atoms with E-state index in [1.54, 1.807) is 12.1 Å². The second kappa shape index (κ2) is 6.93. The van der Waals surface area contributed by atoms with E-state index in [1.165, 1.54) is 18.4 Å². The highest BCUT2D eigenvalue weighted by atomic mass is 16.1. The summed E-state index contributed by atoms with van der Waals surface area (Å²) in [7, 11) is 0. The molecule has 3 N–H and O–H groups in total. The normalized spacial score (nSPS) is 10.4. The van der Waals surface area contributed by atoms with E-state index >= 15 is 0 Å². The number of benzene rings is 2. The molecule has 0 saturated heterocycles. The van der Waals surface area contributed by atoms with Crippen molar-refractivity contribution < 1.29 is 4.79 Å². The Hall–Kier alpha value is -2.29. The molecule has 0 spiro atoms. The van der Waals surface area contributed by atoms with Gasteiger partial charge in [0.05, 0.1) is 5.56 Å². The molecule has 2 aromatic rings. The lowest BCUT2D eigenvalue weighted by Crippen LogP contribution is -2.14. The summed E-state index contributed by atoms with van der Waals surface area (Å²) in [5.41, 5.74) is 9.99. The summed E-state index contributed by atoms with van der Waals surface area (Å²) in [6.07, 6.45) is 3.45. The van der Waals surface area contributed by atoms with Gasteiger partial charge >= 0.3 is 0 Å². The number of anilines is 2. The molecular weight excluding hydrogens is 260 g/mol. The second-order valence-electron chi connectivity index (χ2n) is 5.35. The standard InChI is InChI=1S/C18H22N2O/c1-3-4-5-14-7-9-15(10-8-14)20-18(21)16-12-13(2)6-11-17(16)19/h6-12H,3-5,19H2,1-2H3,(H,20,21). The van der Waals surface area contributed by atoms with E-state index in [2.05, 4.69) is 24.4 Å². The molecule has 0 radical (unpaired) electrons. The molecule has 0 aliphatic heterocycles. The summed E-state index contributed by atoms with van der Waals surface area (Å²) >= 11 is 0. The van der Waals surface area contributed by atoms with Crippen molar-refractivity contribution in [1.29, 1.82) is 0 Å². The Morgan fingerprint density at radius 1 is 1.14 bits per heavy atom. The molecule has 21 heavy (non-hydrogen) atoms. The summed E-state index contributed by atoms with van der Waals surface area (Å²) in [5, 5.41) is 2.89. The minimum absolute atomic E-state index is 0.169. The molecule has 2 aromatic carbocycles. The zero-order valence-electron chi connectivity index (χ0n) is 12.6. The Kier molecular flexibility index (Phi) is 4.99. The number of nitrogens with two attached hydrogens (primary N) is 1. The van der Waals surface area contributed by atoms with E-state index in [9.17, 15) is 4.79 Å². The molecule has 0 aromatic heterocycles. The van der Waals surface area contributed by atoms with Crippen LogP contribution < -0.4 is 11.1 Å². The van der Waals surface area contributed by atoms with Crippen molar-refractivity contribution in [3.8, 4) is 0 Å². The molecule has 3 heteroatoms. The summed E-state index contributed by atoms with van der Waals surface area (Å²) in [6, 6.07) is 13.5. The van der Waals surface area contributed by atoms with Gasteiger partial charge in [-0.3, -0.25) is 4.79 Å². The maximum absolute atomic E-state index is 12.3. The van der Waals surface area contributed by atoms with Crippen LogP contribution in [0.25, 0.3) is 0 Å². The molecule has 0 heterocycles. The van der Waals surface area contributed by atoms with Gasteiger partial charge in [-0.25, -0.2) is 0 Å². The van der Waals surface area contributed by atoms with Crippen LogP contribution in [0, 0.1) is 6.92 Å². The fourth-order valence-electron chi connectivity index (χ4n) is 2.20. The topological polar surface area (TPSA) is 55.1 Å². The minimum Gasteiger partial charge on any atom is -0.398 e. The molecule has 0 unspecified atom stereocenters. The van der Waals surface area contributed by atoms with Crippen molar-refractivity contribution in [3.05, 3.63) is 59.2 Å². The third-order valence-corrected chi connectivity index (χ3v) is 3.48. The first-order valence-corrected chi connectivity index (χ1v) is 7.36. The number of hydrogen-bond donors (Lipinski definition) is 2. The van der Waals surface area contributed by atoms with Crippen LogP contribution in [0.4, 0.5) is 11.4 Å². The van der Waals surface area contributed by atoms with Crippen molar-refractivity contribution in [1.82, 2.24) is 0 Å². The fraction of sp³-hybridized carbons (Fsp3) is 0.278. The summed E-state index contributed by atoms with van der Waals surface area (Å²) < 4.78 is 0. The highest BCUT2D eigenvalue weighted by Crippen LogP contribution is 2.17. The maximum Gasteiger partial charge on any atom is 0.257 e. The molecule has 0 bridgehead atoms. The summed E-state index contributed by atoms with van der Waals surface area (Å²) in [5.74, 6) is -0.169. The van der Waals surface area contributed by atoms with Crippen molar-refractivity contribution in [2.24, 2.45) is 0 Å². The molecule has 0 atom stereocenters. The van der Waals surface area contributed by atoms with Crippen LogP contribution in [-0.4, -0.2) is 5.91 Å². The summed E-state index contributed by atoms with van der Waals surface area (Å²) in [6.45, 7) is 4.12. The smallest absolute Gasteiger partial charge is 0.257 e. The van der Waals surface area contributed by atoms with E-state index in [-0.39, 0.29) is 5.91 Å². The third-order valence-electron chi connectivity index (χ3n) is 3.48. The number of carbonyl (C=O) groups is 1. The zero-order valence-corrected chi connectivity index (χ0v) is 12.6. The maximum atomic E-state index is 12.3. The molecule has 110 valence electrons. The average Bonchev–Trinajstić information content (AvgIpc) is 2.49. The lowest BCUT2D eigenvalue weighted by atomic mass is 10.1. The van der Waals surface area contributed by atoms with Crippen molar-refractivity contribution in [2.45, 2.75) is 33.1 Å². The number of nitrogen functional groups attached to an aromatic ring is 1. The van der Waals surface area contributed by atoms with Gasteiger partial charge in [0.2, 0.25) is 0 Å². The number of hydrogen-bond acceptors (Lipinski definition) is 2. The molecule has 0 saturated carbocycles. The highest BCUT2D eigenvalue weighted by Gasteiger charge is 2.10. The van der Waals surface area contributed by atoms with Gasteiger partial charge in [0.15, 0.2) is 0 Å². The van der Waals surface area contributed by atoms with Crippen LogP contribution >= 0.6 is 0 Å². The second-order valence-corrected chi connectivity index (χ2v) is 5.35. The van der Waals surface area contributed by atoms with Gasteiger partial charge in [-0.1, -0.05) is 37.1 Å². The number of aryl methyl sites for hydroxylation is 2. The average molecular weight is 282 g/mol. The predicted octanol–water partition coefficient (Wildman–Crippen LogP) is 4.17. The van der Waals surface area contributed by atoms with Gasteiger partial charge in [-0.15, -0.1) is 0 Å². The Balaban J connectivity index is 2.07. The van der Waals surface area contributed by atoms with Crippen LogP contribution in [0.1, 0.15) is 41.3 Å². The molecule has 3 nitrogen and oxygen atoms in total. The van der Waals surface area contributed by atoms with Gasteiger partial charge in [0, 0.05) is 11.4 Å². The van der Waals surface area contributed by atoms with Gasteiger partial charge in [-0.05, 0) is 49.6 Å². The van der Waals surface area contributed by atoms with Crippen LogP contribution in [0.3, 0.4) is 0 Å². The van der Waals surface area contributed by atoms with E-state index in [4.69, 9.17) is 5.73 Å². The van der Waals surface area contributed by atoms with E-state index in [0.29, 0.717) is 11.3 Å². The van der Waals surface area contributed by atoms with Crippen molar-refractivity contribution in [2.75, 3.05) is 11.1 Å². The highest BCUT2D eigenvalue weighted by molar-refractivity contribution is 6.07. The van der Waals surface area contributed by atoms with Gasteiger partial charge in [-0.2, -0.15) is 0 Å². The Morgan fingerprint density at radius 3 is 2.52 bits per heavy atom. The van der Waals surface area contributed by atoms with Gasteiger partial charge in [0.1, 0.15) is 0 Å². The Labute approximate surface area is 126 Å². The van der Waals surface area contributed by atoms with E-state index in [0.717, 1.165) is 17.7 Å². The minimum atomic E-state index is -0.169. The monoisotopic (exact) mass is 282 g/mol. The predicted molar refractivity (Wildman–Crippen MR) is 88.6 cm³/mol. The van der Waals surface area contributed by atoms with Gasteiger partial charge in [0.25, 0.3) is 5.91 Å². The first kappa shape index (κ1) is 15.1. The molecule has 0 aliphatic carbocycles. The van der Waals surface area contributed by atoms with Crippen LogP contribution in [0.5, 0.6) is 0 Å². The first-order chi connectivity index (χ1) is 10.1. The Morgan fingerprint density at radius 2 is 1.86 bits per heavy atom. The molecule has 1 amide bonds. The van der Waals surface area contributed by atoms with Crippen LogP contribution in [-0.2, 0) is 6.42 Å². The molecule has 2 rings (SSSR count). The lowest BCUT2D eigenvalue weighted by Gasteiger charge is -2.09. The molecular formula is C18H22N2O. The molecule has 0 fully saturated rings. The van der Waals surface area contributed by atoms with Crippen LogP contribution in [0.2, 0.25) is 0 Å². The SMILES string of the molecule is CCCCc1ccc(NC(=O)c2cc(C)ccc2N)cc1. The van der Waals surface area contributed by atoms with E-state index in [1.807, 2.05) is 25.1 Å². The number of rotatable bonds is 5. The fourth-order valence-corrected chi connectivity index (χ4v) is 2.20. The quantitative estimate of drug-likeness (QED) is 0.809. The first-order valence-electron chi connectivity index (χ1n) is 7.36. The van der Waals surface area contributed by atoms with Crippen molar-refractivity contribution >= 4 is 17.3 Å². The van der Waals surface area contributed by atoms with Crippen molar-refractivity contribution in [3.63, 3.8) is 0 Å². The largest absolute Gasteiger partial charge is 0.398 e.